The lowest BCUT2D eigenvalue weighted by atomic mass is 9.94. The van der Waals surface area contributed by atoms with Gasteiger partial charge in [-0.3, -0.25) is 4.79 Å². The Morgan fingerprint density at radius 3 is 2.54 bits per heavy atom. The number of hydrogen-bond donors (Lipinski definition) is 1. The van der Waals surface area contributed by atoms with Gasteiger partial charge in [0.25, 0.3) is 5.91 Å². The highest BCUT2D eigenvalue weighted by Gasteiger charge is 2.35. The minimum Gasteiger partial charge on any atom is -0.467 e. The molecule has 0 fully saturated rings. The highest BCUT2D eigenvalue weighted by molar-refractivity contribution is 5.97. The second kappa shape index (κ2) is 8.12. The number of methoxy groups -OCH3 is 1. The van der Waals surface area contributed by atoms with Gasteiger partial charge in [0.1, 0.15) is 6.04 Å². The van der Waals surface area contributed by atoms with Gasteiger partial charge >= 0.3 is 11.9 Å². The van der Waals surface area contributed by atoms with Crippen LogP contribution in [-0.4, -0.2) is 42.5 Å². The summed E-state index contributed by atoms with van der Waals surface area (Å²) in [5, 5.41) is 0. The molecule has 0 bridgehead atoms. The summed E-state index contributed by atoms with van der Waals surface area (Å²) in [7, 11) is 1.28. The molecule has 0 unspecified atom stereocenters. The number of rotatable bonds is 4. The number of nitrogens with zero attached hydrogens (tertiary/aromatic N) is 1. The molecule has 1 aliphatic rings. The number of amides is 1. The van der Waals surface area contributed by atoms with Crippen molar-refractivity contribution in [2.75, 3.05) is 19.5 Å². The Hall–Kier alpha value is -3.35. The van der Waals surface area contributed by atoms with Crippen LogP contribution in [0, 0.1) is 6.92 Å². The number of fused-ring (bicyclic) bond motifs is 1. The van der Waals surface area contributed by atoms with Gasteiger partial charge in [-0.15, -0.1) is 0 Å². The van der Waals surface area contributed by atoms with E-state index in [2.05, 4.69) is 0 Å². The first-order valence-corrected chi connectivity index (χ1v) is 8.88. The molecular formula is C21H22N2O5. The summed E-state index contributed by atoms with van der Waals surface area (Å²) < 4.78 is 10.0. The van der Waals surface area contributed by atoms with E-state index in [1.807, 2.05) is 24.3 Å². The maximum atomic E-state index is 12.7. The van der Waals surface area contributed by atoms with Gasteiger partial charge in [-0.1, -0.05) is 36.4 Å². The molecular weight excluding hydrogens is 360 g/mol. The lowest BCUT2D eigenvalue weighted by Gasteiger charge is -2.35. The van der Waals surface area contributed by atoms with Crippen LogP contribution in [0.5, 0.6) is 0 Å². The van der Waals surface area contributed by atoms with E-state index in [4.69, 9.17) is 15.2 Å². The van der Waals surface area contributed by atoms with Crippen LogP contribution < -0.4 is 5.73 Å². The molecule has 7 nitrogen and oxygen atoms in total. The van der Waals surface area contributed by atoms with Crippen LogP contribution in [0.2, 0.25) is 0 Å². The average Bonchev–Trinajstić information content (AvgIpc) is 2.72. The van der Waals surface area contributed by atoms with Crippen LogP contribution in [0.1, 0.15) is 27.0 Å². The van der Waals surface area contributed by atoms with Crippen molar-refractivity contribution in [3.8, 4) is 0 Å². The molecule has 146 valence electrons. The fraction of sp³-hybridized carbons (Fsp3) is 0.286. The van der Waals surface area contributed by atoms with Gasteiger partial charge in [0.2, 0.25) is 0 Å². The summed E-state index contributed by atoms with van der Waals surface area (Å²) in [5.74, 6) is -1.65. The van der Waals surface area contributed by atoms with Crippen LogP contribution in [0.4, 0.5) is 5.69 Å². The van der Waals surface area contributed by atoms with Gasteiger partial charge in [-0.2, -0.15) is 0 Å². The lowest BCUT2D eigenvalue weighted by molar-refractivity contribution is -0.155. The van der Waals surface area contributed by atoms with Gasteiger partial charge in [-0.05, 0) is 29.7 Å². The number of anilines is 1. The van der Waals surface area contributed by atoms with Crippen molar-refractivity contribution in [2.24, 2.45) is 0 Å². The molecule has 1 amide bonds. The smallest absolute Gasteiger partial charge is 0.340 e. The highest BCUT2D eigenvalue weighted by Crippen LogP contribution is 2.24. The Morgan fingerprint density at radius 2 is 1.82 bits per heavy atom. The molecule has 0 spiro atoms. The summed E-state index contributed by atoms with van der Waals surface area (Å²) in [6.07, 6.45) is 0.355. The second-order valence-electron chi connectivity index (χ2n) is 6.65. The van der Waals surface area contributed by atoms with Crippen molar-refractivity contribution >= 4 is 23.5 Å². The number of aryl methyl sites for hydroxylation is 1. The van der Waals surface area contributed by atoms with Crippen molar-refractivity contribution in [3.63, 3.8) is 0 Å². The van der Waals surface area contributed by atoms with Crippen molar-refractivity contribution in [1.82, 2.24) is 4.90 Å². The summed E-state index contributed by atoms with van der Waals surface area (Å²) in [4.78, 5) is 38.6. The number of esters is 2. The number of nitrogen functional groups attached to an aromatic ring is 1. The molecule has 1 atom stereocenters. The fourth-order valence-electron chi connectivity index (χ4n) is 3.28. The molecule has 0 radical (unpaired) electrons. The van der Waals surface area contributed by atoms with E-state index in [1.165, 1.54) is 12.0 Å². The molecule has 0 aromatic heterocycles. The minimum absolute atomic E-state index is 0.210. The number of nitrogens with two attached hydrogens (primary N) is 1. The molecule has 7 heteroatoms. The molecule has 28 heavy (non-hydrogen) atoms. The normalized spacial score (nSPS) is 15.5. The van der Waals surface area contributed by atoms with E-state index in [0.717, 1.165) is 16.7 Å². The van der Waals surface area contributed by atoms with Gasteiger partial charge in [-0.25, -0.2) is 9.59 Å². The molecule has 2 N–H and O–H groups in total. The molecule has 1 heterocycles. The maximum Gasteiger partial charge on any atom is 0.340 e. The monoisotopic (exact) mass is 382 g/mol. The number of carbonyl (C=O) groups is 3. The van der Waals surface area contributed by atoms with E-state index < -0.39 is 30.5 Å². The third-order valence-electron chi connectivity index (χ3n) is 4.91. The van der Waals surface area contributed by atoms with Gasteiger partial charge in [0.15, 0.2) is 6.61 Å². The minimum atomic E-state index is -0.754. The Bertz CT molecular complexity index is 925. The third kappa shape index (κ3) is 3.83. The standard InChI is InChI=1S/C21H22N2O5/c1-13-6-5-9-16(19(13)22)20(25)28-12-18(24)23-11-15-8-4-3-7-14(15)10-17(23)21(26)27-2/h3-9,17H,10-12,22H2,1-2H3/t17-/m1/s1. The molecule has 2 aromatic carbocycles. The number of benzene rings is 2. The Balaban J connectivity index is 1.74. The van der Waals surface area contributed by atoms with Crippen molar-refractivity contribution < 1.29 is 23.9 Å². The predicted octanol–water partition coefficient (Wildman–Crippen LogP) is 1.86. The van der Waals surface area contributed by atoms with E-state index >= 15 is 0 Å². The predicted molar refractivity (Wildman–Crippen MR) is 102 cm³/mol. The zero-order valence-electron chi connectivity index (χ0n) is 15.8. The van der Waals surface area contributed by atoms with Crippen molar-refractivity contribution in [1.29, 1.82) is 0 Å². The van der Waals surface area contributed by atoms with Gasteiger partial charge < -0.3 is 20.1 Å². The molecule has 1 aliphatic heterocycles. The van der Waals surface area contributed by atoms with E-state index in [9.17, 15) is 14.4 Å². The van der Waals surface area contributed by atoms with Gasteiger partial charge in [0, 0.05) is 18.7 Å². The summed E-state index contributed by atoms with van der Waals surface area (Å²) >= 11 is 0. The summed E-state index contributed by atoms with van der Waals surface area (Å²) in [5.41, 5.74) is 9.13. The van der Waals surface area contributed by atoms with Crippen molar-refractivity contribution in [2.45, 2.75) is 25.9 Å². The summed E-state index contributed by atoms with van der Waals surface area (Å²) in [6, 6.07) is 11.9. The first kappa shape index (κ1) is 19.4. The molecule has 0 saturated carbocycles. The van der Waals surface area contributed by atoms with Crippen LogP contribution in [0.15, 0.2) is 42.5 Å². The Labute approximate surface area is 163 Å². The fourth-order valence-corrected chi connectivity index (χ4v) is 3.28. The lowest BCUT2D eigenvalue weighted by Crippen LogP contribution is -2.50. The zero-order chi connectivity index (χ0) is 20.3. The van der Waals surface area contributed by atoms with Crippen LogP contribution >= 0.6 is 0 Å². The second-order valence-corrected chi connectivity index (χ2v) is 6.65. The third-order valence-corrected chi connectivity index (χ3v) is 4.91. The first-order chi connectivity index (χ1) is 13.4. The summed E-state index contributed by atoms with van der Waals surface area (Å²) in [6.45, 7) is 1.55. The van der Waals surface area contributed by atoms with Crippen LogP contribution in [-0.2, 0) is 32.0 Å². The van der Waals surface area contributed by atoms with Gasteiger partial charge in [0.05, 0.1) is 12.7 Å². The molecule has 0 aliphatic carbocycles. The molecule has 3 rings (SSSR count). The Kier molecular flexibility index (Phi) is 5.63. The number of carbonyl (C=O) groups excluding carboxylic acids is 3. The Morgan fingerprint density at radius 1 is 1.11 bits per heavy atom. The first-order valence-electron chi connectivity index (χ1n) is 8.88. The highest BCUT2D eigenvalue weighted by atomic mass is 16.5. The number of para-hydroxylation sites is 1. The molecule has 2 aromatic rings. The van der Waals surface area contributed by atoms with Crippen LogP contribution in [0.3, 0.4) is 0 Å². The average molecular weight is 382 g/mol. The van der Waals surface area contributed by atoms with E-state index in [-0.39, 0.29) is 12.1 Å². The topological polar surface area (TPSA) is 98.9 Å². The largest absolute Gasteiger partial charge is 0.467 e. The van der Waals surface area contributed by atoms with Crippen LogP contribution in [0.25, 0.3) is 0 Å². The quantitative estimate of drug-likeness (QED) is 0.640. The maximum absolute atomic E-state index is 12.7. The van der Waals surface area contributed by atoms with E-state index in [0.29, 0.717) is 12.1 Å². The number of hydrogen-bond acceptors (Lipinski definition) is 6. The van der Waals surface area contributed by atoms with Crippen molar-refractivity contribution in [3.05, 3.63) is 64.7 Å². The number of ether oxygens (including phenoxy) is 2. The van der Waals surface area contributed by atoms with E-state index in [1.54, 1.807) is 25.1 Å². The molecule has 0 saturated heterocycles. The SMILES string of the molecule is COC(=O)[C@H]1Cc2ccccc2CN1C(=O)COC(=O)c1cccc(C)c1N. The zero-order valence-corrected chi connectivity index (χ0v) is 15.8.